The second-order valence-corrected chi connectivity index (χ2v) is 5.76. The molecule has 0 radical (unpaired) electrons. The summed E-state index contributed by atoms with van der Waals surface area (Å²) in [4.78, 5) is 19.8. The lowest BCUT2D eigenvalue weighted by Crippen LogP contribution is -2.07. The van der Waals surface area contributed by atoms with E-state index >= 15 is 0 Å². The van der Waals surface area contributed by atoms with Crippen LogP contribution in [0.4, 0.5) is 0 Å². The van der Waals surface area contributed by atoms with Crippen molar-refractivity contribution in [3.05, 3.63) is 76.4 Å². The molecule has 0 unspecified atom stereocenters. The maximum atomic E-state index is 10.9. The lowest BCUT2D eigenvalue weighted by atomic mass is 10.0. The molecule has 0 N–H and O–H groups in total. The van der Waals surface area contributed by atoms with E-state index in [0.717, 1.165) is 11.3 Å². The third-order valence-electron chi connectivity index (χ3n) is 4.12. The van der Waals surface area contributed by atoms with Gasteiger partial charge in [-0.3, -0.25) is 4.84 Å². The maximum absolute atomic E-state index is 10.9. The minimum absolute atomic E-state index is 0.124. The Labute approximate surface area is 147 Å². The monoisotopic (exact) mass is 350 g/mol. The lowest BCUT2D eigenvalue weighted by Gasteiger charge is -2.09. The Morgan fingerprint density at radius 2 is 2.00 bits per heavy atom. The van der Waals surface area contributed by atoms with Gasteiger partial charge in [0.25, 0.3) is 5.09 Å². The first kappa shape index (κ1) is 15.8. The van der Waals surface area contributed by atoms with Crippen molar-refractivity contribution in [1.29, 1.82) is 0 Å². The molecule has 2 aromatic heterocycles. The predicted octanol–water partition coefficient (Wildman–Crippen LogP) is 2.32. The lowest BCUT2D eigenvalue weighted by molar-refractivity contribution is -0.710. The number of hydrogen-bond acceptors (Lipinski definition) is 6. The smallest absolute Gasteiger partial charge is 0.299 e. The zero-order valence-electron chi connectivity index (χ0n) is 13.8. The molecule has 0 spiro atoms. The second kappa shape index (κ2) is 6.28. The molecule has 0 amide bonds. The fourth-order valence-electron chi connectivity index (χ4n) is 2.85. The predicted molar refractivity (Wildman–Crippen MR) is 92.5 cm³/mol. The van der Waals surface area contributed by atoms with Gasteiger partial charge < -0.3 is 4.57 Å². The van der Waals surface area contributed by atoms with Crippen LogP contribution < -0.4 is 4.84 Å². The van der Waals surface area contributed by atoms with Crippen molar-refractivity contribution in [2.24, 2.45) is 7.05 Å². The Morgan fingerprint density at radius 3 is 2.69 bits per heavy atom. The van der Waals surface area contributed by atoms with Crippen molar-refractivity contribution < 1.29 is 9.92 Å². The SMILES string of the molecule is Cn1nnc2c(O[N+](=O)[O-])c(Cc3ccc(-n4ccnc4)cc3)ccc21. The molecule has 0 saturated heterocycles. The standard InChI is InChI=1S/C17H14N6O3/c1-21-15-7-4-13(17(26-23(24)25)16(15)19-20-21)10-12-2-5-14(6-3-12)22-9-8-18-11-22/h2-9,11H,10H2,1H3. The van der Waals surface area contributed by atoms with Crippen LogP contribution in [0.25, 0.3) is 16.7 Å². The molecule has 9 nitrogen and oxygen atoms in total. The third kappa shape index (κ3) is 2.86. The molecule has 0 aliphatic heterocycles. The fourth-order valence-corrected chi connectivity index (χ4v) is 2.85. The number of rotatable bonds is 5. The topological polar surface area (TPSA) is 101 Å². The highest BCUT2D eigenvalue weighted by Gasteiger charge is 2.16. The van der Waals surface area contributed by atoms with E-state index in [0.29, 0.717) is 23.0 Å². The summed E-state index contributed by atoms with van der Waals surface area (Å²) in [7, 11) is 1.72. The number of benzene rings is 2. The molecule has 2 heterocycles. The second-order valence-electron chi connectivity index (χ2n) is 5.76. The Morgan fingerprint density at radius 1 is 1.19 bits per heavy atom. The molecule has 9 heteroatoms. The summed E-state index contributed by atoms with van der Waals surface area (Å²) in [5.41, 5.74) is 3.69. The van der Waals surface area contributed by atoms with E-state index in [9.17, 15) is 10.1 Å². The summed E-state index contributed by atoms with van der Waals surface area (Å²) in [5, 5.41) is 18.0. The van der Waals surface area contributed by atoms with Crippen LogP contribution in [-0.4, -0.2) is 29.6 Å². The molecule has 2 aromatic carbocycles. The molecule has 4 aromatic rings. The van der Waals surface area contributed by atoms with Gasteiger partial charge in [-0.05, 0) is 35.7 Å². The Kier molecular flexibility index (Phi) is 3.81. The van der Waals surface area contributed by atoms with Crippen molar-refractivity contribution in [2.45, 2.75) is 6.42 Å². The van der Waals surface area contributed by atoms with E-state index in [-0.39, 0.29) is 5.75 Å². The third-order valence-corrected chi connectivity index (χ3v) is 4.12. The quantitative estimate of drug-likeness (QED) is 0.404. The van der Waals surface area contributed by atoms with Gasteiger partial charge >= 0.3 is 0 Å². The number of aryl methyl sites for hydroxylation is 1. The molecule has 0 atom stereocenters. The number of fused-ring (bicyclic) bond motifs is 1. The van der Waals surface area contributed by atoms with Crippen molar-refractivity contribution >= 4 is 11.0 Å². The average molecular weight is 350 g/mol. The van der Waals surface area contributed by atoms with Gasteiger partial charge in [-0.1, -0.05) is 23.4 Å². The van der Waals surface area contributed by atoms with Crippen LogP contribution in [0.5, 0.6) is 5.75 Å². The van der Waals surface area contributed by atoms with E-state index in [1.54, 1.807) is 30.3 Å². The van der Waals surface area contributed by atoms with Crippen LogP contribution in [0.1, 0.15) is 11.1 Å². The van der Waals surface area contributed by atoms with Gasteiger partial charge in [-0.2, -0.15) is 0 Å². The van der Waals surface area contributed by atoms with Gasteiger partial charge in [0.05, 0.1) is 11.8 Å². The number of hydrogen-bond donors (Lipinski definition) is 0. The van der Waals surface area contributed by atoms with E-state index in [4.69, 9.17) is 4.84 Å². The summed E-state index contributed by atoms with van der Waals surface area (Å²) in [5.74, 6) is 0.124. The van der Waals surface area contributed by atoms with E-state index in [2.05, 4.69) is 15.3 Å². The Bertz CT molecular complexity index is 1070. The van der Waals surface area contributed by atoms with Gasteiger partial charge in [0.1, 0.15) is 5.52 Å². The maximum Gasteiger partial charge on any atom is 0.299 e. The highest BCUT2D eigenvalue weighted by Crippen LogP contribution is 2.30. The van der Waals surface area contributed by atoms with Crippen LogP contribution in [-0.2, 0) is 13.5 Å². The van der Waals surface area contributed by atoms with Gasteiger partial charge in [-0.25, -0.2) is 9.67 Å². The zero-order valence-corrected chi connectivity index (χ0v) is 13.8. The first-order valence-corrected chi connectivity index (χ1v) is 7.83. The van der Waals surface area contributed by atoms with E-state index in [1.807, 2.05) is 41.1 Å². The summed E-state index contributed by atoms with van der Waals surface area (Å²) in [6.07, 6.45) is 5.77. The molecule has 0 saturated carbocycles. The molecule has 0 aliphatic carbocycles. The van der Waals surface area contributed by atoms with Crippen LogP contribution in [0.15, 0.2) is 55.1 Å². The molecular formula is C17H14N6O3. The minimum Gasteiger partial charge on any atom is -0.306 e. The summed E-state index contributed by atoms with van der Waals surface area (Å²) >= 11 is 0. The van der Waals surface area contributed by atoms with Crippen LogP contribution in [0.3, 0.4) is 0 Å². The van der Waals surface area contributed by atoms with Crippen molar-refractivity contribution in [1.82, 2.24) is 24.5 Å². The highest BCUT2D eigenvalue weighted by molar-refractivity contribution is 5.82. The minimum atomic E-state index is -0.824. The molecule has 26 heavy (non-hydrogen) atoms. The summed E-state index contributed by atoms with van der Waals surface area (Å²) < 4.78 is 3.45. The fraction of sp³-hybridized carbons (Fsp3) is 0.118. The molecule has 130 valence electrons. The number of aromatic nitrogens is 5. The van der Waals surface area contributed by atoms with Crippen LogP contribution in [0, 0.1) is 10.1 Å². The number of imidazole rings is 1. The Hall–Kier alpha value is -3.75. The first-order valence-electron chi connectivity index (χ1n) is 7.83. The van der Waals surface area contributed by atoms with Crippen molar-refractivity contribution in [3.8, 4) is 11.4 Å². The molecule has 0 fully saturated rings. The van der Waals surface area contributed by atoms with Crippen LogP contribution >= 0.6 is 0 Å². The van der Waals surface area contributed by atoms with E-state index < -0.39 is 5.09 Å². The Balaban J connectivity index is 1.69. The van der Waals surface area contributed by atoms with E-state index in [1.165, 1.54) is 0 Å². The molecule has 0 bridgehead atoms. The molecule has 4 rings (SSSR count). The highest BCUT2D eigenvalue weighted by atomic mass is 17.0. The number of nitrogens with zero attached hydrogens (tertiary/aromatic N) is 6. The summed E-state index contributed by atoms with van der Waals surface area (Å²) in [6.45, 7) is 0. The van der Waals surface area contributed by atoms with Crippen molar-refractivity contribution in [2.75, 3.05) is 0 Å². The van der Waals surface area contributed by atoms with Crippen LogP contribution in [0.2, 0.25) is 0 Å². The summed E-state index contributed by atoms with van der Waals surface area (Å²) in [6, 6.07) is 11.5. The van der Waals surface area contributed by atoms with Gasteiger partial charge in [0.2, 0.25) is 0 Å². The van der Waals surface area contributed by atoms with Gasteiger partial charge in [-0.15, -0.1) is 15.2 Å². The van der Waals surface area contributed by atoms with Gasteiger partial charge in [0.15, 0.2) is 5.75 Å². The zero-order chi connectivity index (χ0) is 18.1. The average Bonchev–Trinajstić information content (AvgIpc) is 3.28. The van der Waals surface area contributed by atoms with Gasteiger partial charge in [0, 0.05) is 25.1 Å². The molecular weight excluding hydrogens is 336 g/mol. The first-order chi connectivity index (χ1) is 12.6. The largest absolute Gasteiger partial charge is 0.306 e. The normalized spacial score (nSPS) is 11.0. The van der Waals surface area contributed by atoms with Crippen molar-refractivity contribution in [3.63, 3.8) is 0 Å². The molecule has 0 aliphatic rings.